The lowest BCUT2D eigenvalue weighted by molar-refractivity contribution is -0.372. The van der Waals surface area contributed by atoms with Crippen molar-refractivity contribution in [2.45, 2.75) is 70.7 Å². The summed E-state index contributed by atoms with van der Waals surface area (Å²) < 4.78 is 69.2. The molecule has 2 aliphatic carbocycles. The van der Waals surface area contributed by atoms with Crippen molar-refractivity contribution in [3.05, 3.63) is 0 Å². The number of carboxylic acids is 2. The average Bonchev–Trinajstić information content (AvgIpc) is 2.72. The van der Waals surface area contributed by atoms with E-state index in [0.29, 0.717) is 0 Å². The highest BCUT2D eigenvalue weighted by Crippen LogP contribution is 2.84. The van der Waals surface area contributed by atoms with E-state index in [-0.39, 0.29) is 0 Å². The zero-order valence-corrected chi connectivity index (χ0v) is 31.0. The summed E-state index contributed by atoms with van der Waals surface area (Å²) in [6, 6.07) is 0. The van der Waals surface area contributed by atoms with Gasteiger partial charge >= 0.3 is 24.3 Å². The van der Waals surface area contributed by atoms with Gasteiger partial charge in [0, 0.05) is 12.8 Å². The number of carboxylic acid groups (broad SMARTS) is 2. The molecule has 2 fully saturated rings. The van der Waals surface area contributed by atoms with Gasteiger partial charge in [-0.1, -0.05) is 162 Å². The van der Waals surface area contributed by atoms with Crippen molar-refractivity contribution in [3.8, 4) is 0 Å². The number of hydrogen-bond donors (Lipinski definition) is 2. The van der Waals surface area contributed by atoms with E-state index in [0.717, 1.165) is 0 Å². The Morgan fingerprint density at radius 2 is 0.674 bits per heavy atom. The van der Waals surface area contributed by atoms with E-state index in [1.807, 2.05) is 0 Å². The maximum Gasteiger partial charge on any atom is 0.406 e. The molecule has 43 heavy (non-hydrogen) atoms. The summed E-state index contributed by atoms with van der Waals surface area (Å²) in [5.41, 5.74) is -6.18. The third kappa shape index (κ3) is 4.60. The van der Waals surface area contributed by atoms with Crippen molar-refractivity contribution in [1.29, 1.82) is 0 Å². The van der Waals surface area contributed by atoms with Crippen molar-refractivity contribution in [2.24, 2.45) is 5.41 Å². The van der Waals surface area contributed by atoms with E-state index < -0.39 is 88.0 Å². The number of aliphatic carboxylic acids is 2. The van der Waals surface area contributed by atoms with Gasteiger partial charge in [0.25, 0.3) is 0 Å². The van der Waals surface area contributed by atoms with Crippen LogP contribution in [0, 0.1) is 5.41 Å². The van der Waals surface area contributed by atoms with Gasteiger partial charge in [0.15, 0.2) is 26.0 Å². The Morgan fingerprint density at radius 1 is 0.465 bits per heavy atom. The minimum absolute atomic E-state index is 2.37. The molecule has 0 aromatic rings. The summed E-state index contributed by atoms with van der Waals surface area (Å²) in [5.74, 6) is -4.93. The molecule has 2 rings (SSSR count). The van der Waals surface area contributed by atoms with Crippen LogP contribution in [0.3, 0.4) is 0 Å². The molecule has 0 bridgehead atoms. The van der Waals surface area contributed by atoms with Crippen molar-refractivity contribution in [1.82, 2.24) is 0 Å². The summed E-state index contributed by atoms with van der Waals surface area (Å²) >= 11 is 96.3. The monoisotopic (exact) mass is 948 g/mol. The molecule has 0 amide bonds. The van der Waals surface area contributed by atoms with Crippen molar-refractivity contribution >= 4 is 198 Å². The highest BCUT2D eigenvalue weighted by Gasteiger charge is 3.00. The molecule has 0 heterocycles. The van der Waals surface area contributed by atoms with Crippen LogP contribution in [-0.4, -0.2) is 80.0 Å². The topological polar surface area (TPSA) is 74.6 Å². The lowest BCUT2D eigenvalue weighted by atomic mass is 9.53. The second-order valence-corrected chi connectivity index (χ2v) is 20.0. The smallest absolute Gasteiger partial charge is 0.406 e. The minimum Gasteiger partial charge on any atom is -0.480 e. The maximum atomic E-state index is 15.6. The summed E-state index contributed by atoms with van der Waals surface area (Å²) in [5, 5.41) is 19.5. The first-order valence-electron chi connectivity index (χ1n) is 9.93. The Bertz CT molecular complexity index is 1130. The molecular formula is C17H6Cl16F6O4. The van der Waals surface area contributed by atoms with Gasteiger partial charge < -0.3 is 10.2 Å². The summed E-state index contributed by atoms with van der Waals surface area (Å²) in [7, 11) is 0. The molecular weight excluding hydrogens is 949 g/mol. The predicted molar refractivity (Wildman–Crippen MR) is 160 cm³/mol. The van der Waals surface area contributed by atoms with Crippen molar-refractivity contribution < 1.29 is 46.1 Å². The standard InChI is InChI=1S/C17H6Cl16F6O4/c18-5(1-7(20,21)9(24,3(40)41)14(30,31)12(5,26)27)11(16(34,35)36,17(37,38)39)6(19)2-8(22,23)10(25,4(42)43)15(32,33)13(6,28)29/h1-2H2,(H,40,41)(H,42,43). The van der Waals surface area contributed by atoms with E-state index in [1.165, 1.54) is 0 Å². The number of halogens is 22. The molecule has 0 aromatic carbocycles. The first-order valence-corrected chi connectivity index (χ1v) is 16.0. The van der Waals surface area contributed by atoms with Gasteiger partial charge in [0.2, 0.25) is 15.2 Å². The Hall–Kier alpha value is 3.16. The van der Waals surface area contributed by atoms with Gasteiger partial charge in [-0.25, -0.2) is 0 Å². The molecule has 0 radical (unpaired) electrons. The summed E-state index contributed by atoms with van der Waals surface area (Å²) in [4.78, 5) is 7.17. The number of hydrogen-bond acceptors (Lipinski definition) is 2. The van der Waals surface area contributed by atoms with Gasteiger partial charge in [0.05, 0.1) is 0 Å². The number of rotatable bonds is 4. The van der Waals surface area contributed by atoms with Crippen molar-refractivity contribution in [3.63, 3.8) is 0 Å². The fourth-order valence-electron chi connectivity index (χ4n) is 5.16. The van der Waals surface area contributed by atoms with Crippen LogP contribution in [-0.2, 0) is 9.59 Å². The van der Waals surface area contributed by atoms with E-state index in [9.17, 15) is 19.8 Å². The van der Waals surface area contributed by atoms with Gasteiger partial charge in [-0.3, -0.25) is 9.59 Å². The van der Waals surface area contributed by atoms with Crippen LogP contribution in [0.4, 0.5) is 26.3 Å². The van der Waals surface area contributed by atoms with E-state index >= 15 is 26.3 Å². The number of carbonyl (C=O) groups is 2. The van der Waals surface area contributed by atoms with Gasteiger partial charge in [-0.05, 0) is 0 Å². The molecule has 0 spiro atoms. The fourth-order valence-corrected chi connectivity index (χ4v) is 12.8. The molecule has 4 nitrogen and oxygen atoms in total. The van der Waals surface area contributed by atoms with Crippen LogP contribution in [0.5, 0.6) is 0 Å². The predicted octanol–water partition coefficient (Wildman–Crippen LogP) is 11.0. The fraction of sp³-hybridized carbons (Fsp3) is 0.882. The Labute approximate surface area is 316 Å². The zero-order chi connectivity index (χ0) is 35.1. The molecule has 252 valence electrons. The summed E-state index contributed by atoms with van der Waals surface area (Å²) in [6.45, 7) is 0. The van der Waals surface area contributed by atoms with Crippen LogP contribution >= 0.6 is 186 Å². The second-order valence-electron chi connectivity index (χ2n) is 9.34. The largest absolute Gasteiger partial charge is 0.480 e. The molecule has 0 aliphatic heterocycles. The Morgan fingerprint density at radius 3 is 0.837 bits per heavy atom. The first-order chi connectivity index (χ1) is 18.3. The molecule has 2 saturated carbocycles. The first kappa shape index (κ1) is 42.3. The van der Waals surface area contributed by atoms with Crippen molar-refractivity contribution in [2.75, 3.05) is 0 Å². The molecule has 26 heteroatoms. The van der Waals surface area contributed by atoms with Crippen LogP contribution in [0.2, 0.25) is 0 Å². The van der Waals surface area contributed by atoms with E-state index in [4.69, 9.17) is 186 Å². The normalized spacial score (nSPS) is 38.3. The van der Waals surface area contributed by atoms with Crippen LogP contribution in [0.1, 0.15) is 12.8 Å². The summed E-state index contributed by atoms with van der Waals surface area (Å²) in [6.07, 6.45) is -18.8. The SMILES string of the molecule is O=C(O)C1(Cl)C(Cl)(Cl)CC(Cl)(C(C(F)(F)F)(C(F)(F)F)C2(Cl)CC(Cl)(Cl)C(Cl)(C(=O)O)C(Cl)(Cl)C2(Cl)Cl)C(Cl)(Cl)C1(Cl)Cl. The van der Waals surface area contributed by atoms with E-state index in [2.05, 4.69) is 0 Å². The Kier molecular flexibility index (Phi) is 10.9. The lowest BCUT2D eigenvalue weighted by Gasteiger charge is -2.70. The number of alkyl halides is 22. The quantitative estimate of drug-likeness (QED) is 0.218. The van der Waals surface area contributed by atoms with E-state index in [1.54, 1.807) is 0 Å². The lowest BCUT2D eigenvalue weighted by Crippen LogP contribution is -2.89. The van der Waals surface area contributed by atoms with Crippen LogP contribution in [0.25, 0.3) is 0 Å². The maximum absolute atomic E-state index is 15.6. The zero-order valence-electron chi connectivity index (χ0n) is 18.9. The van der Waals surface area contributed by atoms with Crippen LogP contribution in [0.15, 0.2) is 0 Å². The molecule has 0 saturated heterocycles. The highest BCUT2D eigenvalue weighted by atomic mass is 35.6. The third-order valence-electron chi connectivity index (χ3n) is 7.22. The minimum atomic E-state index is -7.02. The molecule has 2 N–H and O–H groups in total. The third-order valence-corrected chi connectivity index (χ3v) is 18.4. The average molecular weight is 955 g/mol. The second kappa shape index (κ2) is 11.1. The Balaban J connectivity index is 3.41. The molecule has 0 aromatic heterocycles. The molecule has 4 atom stereocenters. The van der Waals surface area contributed by atoms with Gasteiger partial charge in [-0.2, -0.15) is 26.3 Å². The highest BCUT2D eigenvalue weighted by molar-refractivity contribution is 6.74. The molecule has 4 unspecified atom stereocenters. The van der Waals surface area contributed by atoms with Gasteiger partial charge in [0.1, 0.15) is 9.75 Å². The molecule has 2 aliphatic rings. The van der Waals surface area contributed by atoms with Gasteiger partial charge in [-0.15, -0.1) is 23.2 Å². The van der Waals surface area contributed by atoms with Crippen LogP contribution < -0.4 is 0 Å².